The van der Waals surface area contributed by atoms with Gasteiger partial charge >= 0.3 is 0 Å². The van der Waals surface area contributed by atoms with Crippen LogP contribution in [0.4, 0.5) is 4.39 Å². The average Bonchev–Trinajstić information content (AvgIpc) is 2.54. The molecule has 0 aliphatic carbocycles. The van der Waals surface area contributed by atoms with Gasteiger partial charge in [0.25, 0.3) is 0 Å². The normalized spacial score (nSPS) is 18.5. The van der Waals surface area contributed by atoms with Gasteiger partial charge in [0.1, 0.15) is 12.4 Å². The maximum absolute atomic E-state index is 13.4. The minimum atomic E-state index is -0.272. The first kappa shape index (κ1) is 16.9. The molecule has 122 valence electrons. The van der Waals surface area contributed by atoms with Crippen LogP contribution in [0.3, 0.4) is 0 Å². The first-order valence-electron chi connectivity index (χ1n) is 8.05. The quantitative estimate of drug-likeness (QED) is 0.787. The molecule has 0 aromatic heterocycles. The van der Waals surface area contributed by atoms with Gasteiger partial charge in [-0.3, -0.25) is 4.79 Å². The molecule has 22 heavy (non-hydrogen) atoms. The van der Waals surface area contributed by atoms with Gasteiger partial charge in [0.15, 0.2) is 0 Å². The zero-order chi connectivity index (χ0) is 15.8. The number of hydrogen-bond acceptors (Lipinski definition) is 3. The third kappa shape index (κ3) is 4.78. The molecule has 5 heteroatoms. The molecule has 1 amide bonds. The van der Waals surface area contributed by atoms with Crippen LogP contribution in [0.2, 0.25) is 0 Å². The van der Waals surface area contributed by atoms with Crippen molar-refractivity contribution in [3.05, 3.63) is 35.6 Å². The highest BCUT2D eigenvalue weighted by atomic mass is 19.1. The van der Waals surface area contributed by atoms with Crippen molar-refractivity contribution in [2.24, 2.45) is 0 Å². The maximum Gasteiger partial charge on any atom is 0.249 e. The summed E-state index contributed by atoms with van der Waals surface area (Å²) in [5.41, 5.74) is 0.825. The molecule has 0 saturated carbocycles. The molecule has 1 unspecified atom stereocenters. The number of nitrogens with zero attached hydrogens (tertiary/aromatic N) is 1. The molecule has 2 rings (SSSR count). The summed E-state index contributed by atoms with van der Waals surface area (Å²) in [5, 5.41) is 3.26. The second-order valence-corrected chi connectivity index (χ2v) is 5.62. The number of halogens is 1. The monoisotopic (exact) mass is 308 g/mol. The van der Waals surface area contributed by atoms with Crippen molar-refractivity contribution in [3.8, 4) is 0 Å². The van der Waals surface area contributed by atoms with Crippen molar-refractivity contribution < 1.29 is 13.9 Å². The Morgan fingerprint density at radius 1 is 1.45 bits per heavy atom. The molecule has 1 atom stereocenters. The van der Waals surface area contributed by atoms with Crippen LogP contribution in [0.15, 0.2) is 24.3 Å². The van der Waals surface area contributed by atoms with Gasteiger partial charge in [0.2, 0.25) is 5.91 Å². The van der Waals surface area contributed by atoms with Crippen molar-refractivity contribution >= 4 is 5.91 Å². The molecule has 4 nitrogen and oxygen atoms in total. The Hall–Kier alpha value is -1.46. The van der Waals surface area contributed by atoms with Crippen molar-refractivity contribution in [2.75, 3.05) is 32.8 Å². The minimum absolute atomic E-state index is 0.0211. The molecular weight excluding hydrogens is 283 g/mol. The molecule has 1 heterocycles. The van der Waals surface area contributed by atoms with E-state index in [4.69, 9.17) is 4.74 Å². The van der Waals surface area contributed by atoms with Gasteiger partial charge in [0, 0.05) is 26.2 Å². The fourth-order valence-electron chi connectivity index (χ4n) is 2.71. The van der Waals surface area contributed by atoms with Crippen LogP contribution in [0.1, 0.15) is 37.8 Å². The topological polar surface area (TPSA) is 41.6 Å². The number of nitrogens with one attached hydrogen (secondary N) is 1. The highest BCUT2D eigenvalue weighted by Crippen LogP contribution is 2.23. The lowest BCUT2D eigenvalue weighted by Gasteiger charge is -2.36. The van der Waals surface area contributed by atoms with Gasteiger partial charge in [-0.25, -0.2) is 4.39 Å². The summed E-state index contributed by atoms with van der Waals surface area (Å²) in [6, 6.07) is 6.34. The van der Waals surface area contributed by atoms with E-state index in [0.29, 0.717) is 19.7 Å². The van der Waals surface area contributed by atoms with E-state index in [-0.39, 0.29) is 24.4 Å². The molecule has 1 fully saturated rings. The molecule has 0 spiro atoms. The molecule has 0 bridgehead atoms. The van der Waals surface area contributed by atoms with Crippen LogP contribution < -0.4 is 5.32 Å². The lowest BCUT2D eigenvalue weighted by molar-refractivity contribution is -0.139. The van der Waals surface area contributed by atoms with E-state index >= 15 is 0 Å². The number of amides is 1. The number of ether oxygens (including phenoxy) is 1. The molecule has 1 aliphatic heterocycles. The first-order chi connectivity index (χ1) is 10.7. The number of carbonyl (C=O) groups is 1. The largest absolute Gasteiger partial charge is 0.372 e. The standard InChI is InChI=1S/C17H25FN2O2/c1-2-3-4-10-22-13-17(21)20-9-8-19-12-16(20)14-6-5-7-15(18)11-14/h5-7,11,16,19H,2-4,8-10,12-13H2,1H3. The van der Waals surface area contributed by atoms with Crippen molar-refractivity contribution in [1.29, 1.82) is 0 Å². The summed E-state index contributed by atoms with van der Waals surface area (Å²) in [4.78, 5) is 14.2. The molecule has 1 aromatic carbocycles. The average molecular weight is 308 g/mol. The second-order valence-electron chi connectivity index (χ2n) is 5.62. The summed E-state index contributed by atoms with van der Waals surface area (Å²) in [5.74, 6) is -0.293. The van der Waals surface area contributed by atoms with E-state index in [0.717, 1.165) is 31.4 Å². The predicted octanol–water partition coefficient (Wildman–Crippen LogP) is 2.51. The van der Waals surface area contributed by atoms with Gasteiger partial charge < -0.3 is 15.0 Å². The Bertz CT molecular complexity index is 481. The summed E-state index contributed by atoms with van der Waals surface area (Å²) < 4.78 is 18.9. The first-order valence-corrected chi connectivity index (χ1v) is 8.05. The van der Waals surface area contributed by atoms with E-state index in [1.54, 1.807) is 11.0 Å². The summed E-state index contributed by atoms with van der Waals surface area (Å²) in [6.07, 6.45) is 3.24. The molecule has 1 aliphatic rings. The molecular formula is C17H25FN2O2. The molecule has 1 aromatic rings. The van der Waals surface area contributed by atoms with Crippen molar-refractivity contribution in [3.63, 3.8) is 0 Å². The highest BCUT2D eigenvalue weighted by Gasteiger charge is 2.27. The fourth-order valence-corrected chi connectivity index (χ4v) is 2.71. The number of carbonyl (C=O) groups excluding carboxylic acids is 1. The highest BCUT2D eigenvalue weighted by molar-refractivity contribution is 5.78. The summed E-state index contributed by atoms with van der Waals surface area (Å²) in [7, 11) is 0. The summed E-state index contributed by atoms with van der Waals surface area (Å²) >= 11 is 0. The predicted molar refractivity (Wildman–Crippen MR) is 84.1 cm³/mol. The van der Waals surface area contributed by atoms with Crippen LogP contribution in [0.5, 0.6) is 0 Å². The zero-order valence-electron chi connectivity index (χ0n) is 13.2. The van der Waals surface area contributed by atoms with E-state index in [2.05, 4.69) is 12.2 Å². The number of rotatable bonds is 7. The van der Waals surface area contributed by atoms with E-state index in [1.165, 1.54) is 12.1 Å². The van der Waals surface area contributed by atoms with Crippen molar-refractivity contribution in [1.82, 2.24) is 10.2 Å². The van der Waals surface area contributed by atoms with E-state index in [1.807, 2.05) is 6.07 Å². The molecule has 1 N–H and O–H groups in total. The van der Waals surface area contributed by atoms with Crippen LogP contribution in [0, 0.1) is 5.82 Å². The Morgan fingerprint density at radius 2 is 2.32 bits per heavy atom. The lowest BCUT2D eigenvalue weighted by Crippen LogP contribution is -2.49. The smallest absolute Gasteiger partial charge is 0.249 e. The lowest BCUT2D eigenvalue weighted by atomic mass is 10.0. The SMILES string of the molecule is CCCCCOCC(=O)N1CCNCC1c1cccc(F)c1. The minimum Gasteiger partial charge on any atom is -0.372 e. The maximum atomic E-state index is 13.4. The Labute approximate surface area is 131 Å². The second kappa shape index (κ2) is 8.86. The molecule has 1 saturated heterocycles. The van der Waals surface area contributed by atoms with Gasteiger partial charge in [-0.1, -0.05) is 31.9 Å². The fraction of sp³-hybridized carbons (Fsp3) is 0.588. The van der Waals surface area contributed by atoms with Gasteiger partial charge in [-0.2, -0.15) is 0 Å². The number of unbranched alkanes of at least 4 members (excludes halogenated alkanes) is 2. The van der Waals surface area contributed by atoms with Crippen LogP contribution in [0.25, 0.3) is 0 Å². The van der Waals surface area contributed by atoms with Gasteiger partial charge in [0.05, 0.1) is 6.04 Å². The molecule has 0 radical (unpaired) electrons. The van der Waals surface area contributed by atoms with E-state index in [9.17, 15) is 9.18 Å². The Kier molecular flexibility index (Phi) is 6.80. The van der Waals surface area contributed by atoms with E-state index < -0.39 is 0 Å². The van der Waals surface area contributed by atoms with Crippen LogP contribution in [-0.2, 0) is 9.53 Å². The summed E-state index contributed by atoms with van der Waals surface area (Å²) in [6.45, 7) is 4.89. The Balaban J connectivity index is 1.93. The van der Waals surface area contributed by atoms with Crippen LogP contribution >= 0.6 is 0 Å². The number of benzene rings is 1. The third-order valence-electron chi connectivity index (χ3n) is 3.91. The zero-order valence-corrected chi connectivity index (χ0v) is 13.2. The van der Waals surface area contributed by atoms with Crippen molar-refractivity contribution in [2.45, 2.75) is 32.2 Å². The number of hydrogen-bond donors (Lipinski definition) is 1. The third-order valence-corrected chi connectivity index (χ3v) is 3.91. The van der Waals surface area contributed by atoms with Crippen LogP contribution in [-0.4, -0.2) is 43.7 Å². The number of piperazine rings is 1. The Morgan fingerprint density at radius 3 is 3.09 bits per heavy atom. The van der Waals surface area contributed by atoms with Gasteiger partial charge in [-0.05, 0) is 24.1 Å². The van der Waals surface area contributed by atoms with Gasteiger partial charge in [-0.15, -0.1) is 0 Å².